The van der Waals surface area contributed by atoms with Crippen molar-refractivity contribution in [2.24, 2.45) is 10.9 Å². The molecule has 1 saturated heterocycles. The molecule has 1 aromatic heterocycles. The minimum absolute atomic E-state index is 0.598. The highest BCUT2D eigenvalue weighted by Crippen LogP contribution is 2.18. The molecule has 18 heavy (non-hydrogen) atoms. The first kappa shape index (κ1) is 13.5. The largest absolute Gasteiger partial charge is 0.361 e. The van der Waals surface area contributed by atoms with Gasteiger partial charge in [-0.3, -0.25) is 9.67 Å². The first-order chi connectivity index (χ1) is 8.63. The fourth-order valence-electron chi connectivity index (χ4n) is 2.07. The molecule has 0 aliphatic carbocycles. The number of hydrogen-bond donors (Lipinski definition) is 1. The maximum absolute atomic E-state index is 4.59. The van der Waals surface area contributed by atoms with E-state index >= 15 is 0 Å². The molecule has 2 heterocycles. The molecule has 1 aliphatic rings. The van der Waals surface area contributed by atoms with E-state index in [1.54, 1.807) is 0 Å². The van der Waals surface area contributed by atoms with Gasteiger partial charge in [0.15, 0.2) is 5.17 Å². The summed E-state index contributed by atoms with van der Waals surface area (Å²) in [6.07, 6.45) is 5.16. The number of hydrogen-bond acceptors (Lipinski definition) is 3. The van der Waals surface area contributed by atoms with E-state index in [2.05, 4.69) is 42.4 Å². The minimum atomic E-state index is 0.598. The number of amidine groups is 1. The lowest BCUT2D eigenvalue weighted by molar-refractivity contribution is 0.502. The summed E-state index contributed by atoms with van der Waals surface area (Å²) in [6.45, 7) is 8.24. The van der Waals surface area contributed by atoms with E-state index in [-0.39, 0.29) is 0 Å². The van der Waals surface area contributed by atoms with Crippen molar-refractivity contribution >= 4 is 16.9 Å². The highest BCUT2D eigenvalue weighted by Gasteiger charge is 2.20. The maximum Gasteiger partial charge on any atom is 0.156 e. The van der Waals surface area contributed by atoms with Crippen LogP contribution < -0.4 is 5.32 Å². The van der Waals surface area contributed by atoms with Crippen molar-refractivity contribution in [3.63, 3.8) is 0 Å². The Morgan fingerprint density at radius 3 is 3.11 bits per heavy atom. The van der Waals surface area contributed by atoms with Crippen molar-refractivity contribution in [2.45, 2.75) is 39.8 Å². The van der Waals surface area contributed by atoms with Gasteiger partial charge in [0.1, 0.15) is 0 Å². The zero-order valence-electron chi connectivity index (χ0n) is 11.4. The lowest BCUT2D eigenvalue weighted by Crippen LogP contribution is -2.28. The fraction of sp³-hybridized carbons (Fsp3) is 0.692. The van der Waals surface area contributed by atoms with Crippen LogP contribution >= 0.6 is 11.8 Å². The second-order valence-corrected chi connectivity index (χ2v) is 6.26. The molecule has 0 amide bonds. The molecule has 1 N–H and O–H groups in total. The molecular weight excluding hydrogens is 244 g/mol. The molecule has 0 aromatic carbocycles. The second kappa shape index (κ2) is 6.27. The molecule has 5 heteroatoms. The molecule has 1 aromatic rings. The normalized spacial score (nSPS) is 21.8. The number of nitrogens with zero attached hydrogens (tertiary/aromatic N) is 3. The molecular formula is C13H22N4S. The van der Waals surface area contributed by atoms with Gasteiger partial charge >= 0.3 is 0 Å². The molecule has 4 nitrogen and oxygen atoms in total. The molecule has 1 fully saturated rings. The maximum atomic E-state index is 4.59. The van der Waals surface area contributed by atoms with Crippen molar-refractivity contribution in [2.75, 3.05) is 12.3 Å². The van der Waals surface area contributed by atoms with E-state index in [4.69, 9.17) is 0 Å². The third-order valence-electron chi connectivity index (χ3n) is 2.85. The van der Waals surface area contributed by atoms with Crippen LogP contribution in [-0.2, 0) is 6.54 Å². The van der Waals surface area contributed by atoms with Crippen LogP contribution in [0, 0.1) is 12.8 Å². The highest BCUT2D eigenvalue weighted by molar-refractivity contribution is 8.14. The lowest BCUT2D eigenvalue weighted by Gasteiger charge is -2.11. The Balaban J connectivity index is 1.74. The topological polar surface area (TPSA) is 42.2 Å². The van der Waals surface area contributed by atoms with Gasteiger partial charge in [-0.15, -0.1) is 0 Å². The number of nitrogens with one attached hydrogen (secondary N) is 1. The van der Waals surface area contributed by atoms with Crippen LogP contribution in [0.4, 0.5) is 0 Å². The average Bonchev–Trinajstić information content (AvgIpc) is 2.88. The van der Waals surface area contributed by atoms with E-state index in [0.717, 1.165) is 29.9 Å². The molecule has 100 valence electrons. The number of thioether (sulfide) groups is 1. The van der Waals surface area contributed by atoms with Crippen LogP contribution in [0.3, 0.4) is 0 Å². The van der Waals surface area contributed by atoms with E-state index in [1.807, 2.05) is 22.6 Å². The molecule has 0 radical (unpaired) electrons. The van der Waals surface area contributed by atoms with E-state index in [9.17, 15) is 0 Å². The summed E-state index contributed by atoms with van der Waals surface area (Å²) in [6, 6.07) is 0.598. The van der Waals surface area contributed by atoms with Crippen molar-refractivity contribution in [1.29, 1.82) is 0 Å². The Bertz CT molecular complexity index is 411. The van der Waals surface area contributed by atoms with Gasteiger partial charge in [0.25, 0.3) is 0 Å². The van der Waals surface area contributed by atoms with Gasteiger partial charge < -0.3 is 5.32 Å². The van der Waals surface area contributed by atoms with Gasteiger partial charge in [-0.25, -0.2) is 0 Å². The van der Waals surface area contributed by atoms with Gasteiger partial charge in [-0.2, -0.15) is 5.10 Å². The number of aryl methyl sites for hydroxylation is 1. The van der Waals surface area contributed by atoms with Gasteiger partial charge in [0, 0.05) is 18.0 Å². The predicted molar refractivity (Wildman–Crippen MR) is 78.1 cm³/mol. The van der Waals surface area contributed by atoms with Crippen molar-refractivity contribution in [3.05, 3.63) is 18.0 Å². The predicted octanol–water partition coefficient (Wildman–Crippen LogP) is 2.30. The number of rotatable bonds is 5. The first-order valence-electron chi connectivity index (χ1n) is 6.56. The van der Waals surface area contributed by atoms with E-state index in [0.29, 0.717) is 6.04 Å². The smallest absolute Gasteiger partial charge is 0.156 e. The summed E-state index contributed by atoms with van der Waals surface area (Å²) in [5.74, 6) is 1.90. The third-order valence-corrected chi connectivity index (χ3v) is 3.94. The van der Waals surface area contributed by atoms with Crippen LogP contribution in [0.25, 0.3) is 0 Å². The van der Waals surface area contributed by atoms with Crippen LogP contribution in [0.5, 0.6) is 0 Å². The zero-order chi connectivity index (χ0) is 13.0. The van der Waals surface area contributed by atoms with E-state index in [1.165, 1.54) is 12.0 Å². The Kier molecular flexibility index (Phi) is 4.69. The Morgan fingerprint density at radius 2 is 2.44 bits per heavy atom. The molecule has 0 bridgehead atoms. The van der Waals surface area contributed by atoms with Gasteiger partial charge in [-0.05, 0) is 24.8 Å². The molecule has 0 spiro atoms. The fourth-order valence-corrected chi connectivity index (χ4v) is 3.08. The molecule has 0 saturated carbocycles. The Morgan fingerprint density at radius 1 is 1.61 bits per heavy atom. The van der Waals surface area contributed by atoms with Crippen LogP contribution in [-0.4, -0.2) is 33.3 Å². The summed E-state index contributed by atoms with van der Waals surface area (Å²) < 4.78 is 1.95. The molecule has 1 unspecified atom stereocenters. The quantitative estimate of drug-likeness (QED) is 0.889. The van der Waals surface area contributed by atoms with Crippen LogP contribution in [0.2, 0.25) is 0 Å². The zero-order valence-corrected chi connectivity index (χ0v) is 12.2. The molecule has 2 rings (SSSR count). The Hall–Kier alpha value is -0.970. The second-order valence-electron chi connectivity index (χ2n) is 5.25. The summed E-state index contributed by atoms with van der Waals surface area (Å²) in [5.41, 5.74) is 1.20. The van der Waals surface area contributed by atoms with Crippen LogP contribution in [0.15, 0.2) is 17.4 Å². The van der Waals surface area contributed by atoms with E-state index < -0.39 is 0 Å². The number of aromatic nitrogens is 2. The molecule has 1 aliphatic heterocycles. The monoisotopic (exact) mass is 266 g/mol. The first-order valence-corrected chi connectivity index (χ1v) is 7.55. The lowest BCUT2D eigenvalue weighted by atomic mass is 10.1. The summed E-state index contributed by atoms with van der Waals surface area (Å²) in [5, 5.41) is 8.85. The summed E-state index contributed by atoms with van der Waals surface area (Å²) in [4.78, 5) is 4.59. The Labute approximate surface area is 113 Å². The SMILES string of the molecule is Cc1cnn(CCN=C2NC(CC(C)C)CS2)c1. The van der Waals surface area contributed by atoms with Gasteiger partial charge in [0.2, 0.25) is 0 Å². The minimum Gasteiger partial charge on any atom is -0.361 e. The van der Waals surface area contributed by atoms with Gasteiger partial charge in [0.05, 0.1) is 19.3 Å². The van der Waals surface area contributed by atoms with Crippen LogP contribution in [0.1, 0.15) is 25.8 Å². The highest BCUT2D eigenvalue weighted by atomic mass is 32.2. The number of aliphatic imine (C=N–C) groups is 1. The standard InChI is InChI=1S/C13H22N4S/c1-10(2)6-12-9-18-13(16-12)14-4-5-17-8-11(3)7-15-17/h7-8,10,12H,4-6,9H2,1-3H3,(H,14,16). The third kappa shape index (κ3) is 4.05. The van der Waals surface area contributed by atoms with Crippen molar-refractivity contribution in [3.8, 4) is 0 Å². The van der Waals surface area contributed by atoms with Gasteiger partial charge in [-0.1, -0.05) is 25.6 Å². The van der Waals surface area contributed by atoms with Crippen molar-refractivity contribution < 1.29 is 0 Å². The summed E-state index contributed by atoms with van der Waals surface area (Å²) >= 11 is 1.84. The van der Waals surface area contributed by atoms with Crippen molar-refractivity contribution in [1.82, 2.24) is 15.1 Å². The average molecular weight is 266 g/mol. The summed E-state index contributed by atoms with van der Waals surface area (Å²) in [7, 11) is 0. The molecule has 1 atom stereocenters.